The van der Waals surface area contributed by atoms with E-state index in [-0.39, 0.29) is 5.92 Å². The van der Waals surface area contributed by atoms with Crippen molar-refractivity contribution in [1.82, 2.24) is 15.0 Å². The summed E-state index contributed by atoms with van der Waals surface area (Å²) in [4.78, 5) is 4.50. The first kappa shape index (κ1) is 16.1. The van der Waals surface area contributed by atoms with Crippen molar-refractivity contribution in [1.29, 1.82) is 0 Å². The summed E-state index contributed by atoms with van der Waals surface area (Å²) >= 11 is 1.53. The molecule has 0 aliphatic rings. The van der Waals surface area contributed by atoms with Crippen molar-refractivity contribution >= 4 is 21.4 Å². The van der Waals surface area contributed by atoms with Gasteiger partial charge >= 0.3 is 0 Å². The molecule has 2 rings (SSSR count). The van der Waals surface area contributed by atoms with Crippen LogP contribution in [0, 0.1) is 0 Å². The van der Waals surface area contributed by atoms with Crippen LogP contribution in [0.1, 0.15) is 23.4 Å². The summed E-state index contributed by atoms with van der Waals surface area (Å²) in [7, 11) is -1.66. The Balaban J connectivity index is 2.06. The minimum Gasteiger partial charge on any atom is -0.316 e. The maximum atomic E-state index is 12.3. The van der Waals surface area contributed by atoms with E-state index in [0.29, 0.717) is 18.0 Å². The third-order valence-electron chi connectivity index (χ3n) is 3.04. The number of sulfonamides is 1. The summed E-state index contributed by atoms with van der Waals surface area (Å²) in [5.41, 5.74) is 0.938. The molecule has 0 saturated carbocycles. The number of aromatic nitrogens is 1. The fourth-order valence-electron chi connectivity index (χ4n) is 1.91. The highest BCUT2D eigenvalue weighted by Gasteiger charge is 2.17. The average molecular weight is 325 g/mol. The molecule has 1 atom stereocenters. The number of thiazole rings is 1. The molecule has 0 fully saturated rings. The molecule has 1 heterocycles. The van der Waals surface area contributed by atoms with Gasteiger partial charge in [-0.25, -0.2) is 18.1 Å². The largest absolute Gasteiger partial charge is 0.316 e. The highest BCUT2D eigenvalue weighted by molar-refractivity contribution is 7.89. The average Bonchev–Trinajstić information content (AvgIpc) is 3.00. The molecule has 1 aromatic carbocycles. The Kier molecular flexibility index (Phi) is 5.46. The van der Waals surface area contributed by atoms with E-state index in [2.05, 4.69) is 15.0 Å². The van der Waals surface area contributed by atoms with Gasteiger partial charge in [0.1, 0.15) is 0 Å². The monoisotopic (exact) mass is 325 g/mol. The number of nitrogens with one attached hydrogen (secondary N) is 2. The lowest BCUT2D eigenvalue weighted by molar-refractivity contribution is 0.574. The lowest BCUT2D eigenvalue weighted by Crippen LogP contribution is -2.27. The van der Waals surface area contributed by atoms with Gasteiger partial charge < -0.3 is 5.32 Å². The van der Waals surface area contributed by atoms with Gasteiger partial charge in [-0.15, -0.1) is 11.3 Å². The van der Waals surface area contributed by atoms with E-state index >= 15 is 0 Å². The molecule has 0 aliphatic heterocycles. The Bertz CT molecular complexity index is 669. The molecule has 0 bridgehead atoms. The fourth-order valence-corrected chi connectivity index (χ4v) is 3.81. The lowest BCUT2D eigenvalue weighted by atomic mass is 10.2. The van der Waals surface area contributed by atoms with Gasteiger partial charge in [0.2, 0.25) is 10.0 Å². The lowest BCUT2D eigenvalue weighted by Gasteiger charge is -2.11. The van der Waals surface area contributed by atoms with Gasteiger partial charge in [0.25, 0.3) is 0 Å². The zero-order chi connectivity index (χ0) is 15.3. The van der Waals surface area contributed by atoms with Crippen LogP contribution < -0.4 is 10.0 Å². The third kappa shape index (κ3) is 4.34. The number of hydrogen-bond acceptors (Lipinski definition) is 5. The van der Waals surface area contributed by atoms with Gasteiger partial charge in [-0.05, 0) is 24.7 Å². The fraction of sp³-hybridized carbons (Fsp3) is 0.357. The van der Waals surface area contributed by atoms with Crippen LogP contribution in [-0.4, -0.2) is 27.0 Å². The van der Waals surface area contributed by atoms with Crippen molar-refractivity contribution < 1.29 is 8.42 Å². The molecular formula is C14H19N3O2S2. The summed E-state index contributed by atoms with van der Waals surface area (Å²) in [6.45, 7) is 2.93. The Morgan fingerprint density at radius 1 is 1.38 bits per heavy atom. The highest BCUT2D eigenvalue weighted by Crippen LogP contribution is 2.18. The van der Waals surface area contributed by atoms with Gasteiger partial charge in [0, 0.05) is 30.6 Å². The number of hydrogen-bond donors (Lipinski definition) is 2. The Labute approximate surface area is 129 Å². The standard InChI is InChI=1S/C14H19N3O2S2/c1-11(14-16-6-7-20-14)9-17-21(18,19)13-5-3-4-12(8-13)10-15-2/h3-8,11,15,17H,9-10H2,1-2H3. The maximum absolute atomic E-state index is 12.3. The summed E-state index contributed by atoms with van der Waals surface area (Å²) in [5.74, 6) is 0.0558. The molecule has 0 amide bonds. The van der Waals surface area contributed by atoms with Crippen molar-refractivity contribution in [3.8, 4) is 0 Å². The molecule has 1 unspecified atom stereocenters. The summed E-state index contributed by atoms with van der Waals surface area (Å²) in [5, 5.41) is 5.83. The maximum Gasteiger partial charge on any atom is 0.240 e. The molecule has 21 heavy (non-hydrogen) atoms. The smallest absolute Gasteiger partial charge is 0.240 e. The van der Waals surface area contributed by atoms with Gasteiger partial charge in [0.15, 0.2) is 0 Å². The van der Waals surface area contributed by atoms with E-state index in [4.69, 9.17) is 0 Å². The molecule has 0 aliphatic carbocycles. The first-order valence-corrected chi connectivity index (χ1v) is 9.02. The van der Waals surface area contributed by atoms with E-state index < -0.39 is 10.0 Å². The van der Waals surface area contributed by atoms with Gasteiger partial charge in [-0.1, -0.05) is 19.1 Å². The van der Waals surface area contributed by atoms with E-state index in [1.54, 1.807) is 24.4 Å². The SMILES string of the molecule is CNCc1cccc(S(=O)(=O)NCC(C)c2nccs2)c1. The summed E-state index contributed by atoms with van der Waals surface area (Å²) in [6.07, 6.45) is 1.73. The Morgan fingerprint density at radius 3 is 2.86 bits per heavy atom. The minimum atomic E-state index is -3.49. The quantitative estimate of drug-likeness (QED) is 0.816. The van der Waals surface area contributed by atoms with Crippen LogP contribution in [-0.2, 0) is 16.6 Å². The van der Waals surface area contributed by atoms with Gasteiger partial charge in [-0.2, -0.15) is 0 Å². The van der Waals surface area contributed by atoms with E-state index in [1.165, 1.54) is 11.3 Å². The molecule has 5 nitrogen and oxygen atoms in total. The number of rotatable bonds is 7. The Hall–Kier alpha value is -1.28. The molecule has 7 heteroatoms. The zero-order valence-electron chi connectivity index (χ0n) is 12.0. The van der Waals surface area contributed by atoms with Crippen molar-refractivity contribution in [2.75, 3.05) is 13.6 Å². The summed E-state index contributed by atoms with van der Waals surface area (Å²) in [6, 6.07) is 6.95. The van der Waals surface area contributed by atoms with Crippen molar-refractivity contribution in [3.63, 3.8) is 0 Å². The molecule has 114 valence electrons. The van der Waals surface area contributed by atoms with Crippen LogP contribution in [0.15, 0.2) is 40.7 Å². The highest BCUT2D eigenvalue weighted by atomic mass is 32.2. The van der Waals surface area contributed by atoms with Crippen LogP contribution in [0.25, 0.3) is 0 Å². The van der Waals surface area contributed by atoms with Gasteiger partial charge in [-0.3, -0.25) is 0 Å². The summed E-state index contributed by atoms with van der Waals surface area (Å²) < 4.78 is 27.3. The van der Waals surface area contributed by atoms with E-state index in [0.717, 1.165) is 10.6 Å². The molecule has 2 aromatic rings. The number of nitrogens with zero attached hydrogens (tertiary/aromatic N) is 1. The van der Waals surface area contributed by atoms with Crippen molar-refractivity contribution in [2.45, 2.75) is 24.3 Å². The molecule has 0 radical (unpaired) electrons. The topological polar surface area (TPSA) is 71.1 Å². The molecular weight excluding hydrogens is 306 g/mol. The second kappa shape index (κ2) is 7.13. The van der Waals surface area contributed by atoms with Crippen LogP contribution in [0.2, 0.25) is 0 Å². The van der Waals surface area contributed by atoms with Crippen LogP contribution in [0.3, 0.4) is 0 Å². The Morgan fingerprint density at radius 2 is 2.19 bits per heavy atom. The first-order valence-electron chi connectivity index (χ1n) is 6.65. The van der Waals surface area contributed by atoms with Crippen molar-refractivity contribution in [2.24, 2.45) is 0 Å². The van der Waals surface area contributed by atoms with E-state index in [1.807, 2.05) is 25.4 Å². The molecule has 2 N–H and O–H groups in total. The predicted octanol–water partition coefficient (Wildman–Crippen LogP) is 1.94. The third-order valence-corrected chi connectivity index (χ3v) is 5.47. The normalized spacial score (nSPS) is 13.2. The van der Waals surface area contributed by atoms with Gasteiger partial charge in [0.05, 0.1) is 9.90 Å². The second-order valence-electron chi connectivity index (χ2n) is 4.80. The molecule has 1 aromatic heterocycles. The number of benzene rings is 1. The predicted molar refractivity (Wildman–Crippen MR) is 84.9 cm³/mol. The van der Waals surface area contributed by atoms with Crippen molar-refractivity contribution in [3.05, 3.63) is 46.4 Å². The molecule has 0 saturated heterocycles. The first-order chi connectivity index (χ1) is 10.0. The van der Waals surface area contributed by atoms with E-state index in [9.17, 15) is 8.42 Å². The van der Waals surface area contributed by atoms with Crippen LogP contribution in [0.4, 0.5) is 0 Å². The molecule has 0 spiro atoms. The van der Waals surface area contributed by atoms with Crippen LogP contribution in [0.5, 0.6) is 0 Å². The minimum absolute atomic E-state index is 0.0558. The second-order valence-corrected chi connectivity index (χ2v) is 7.49. The van der Waals surface area contributed by atoms with Crippen LogP contribution >= 0.6 is 11.3 Å². The zero-order valence-corrected chi connectivity index (χ0v) is 13.7.